The van der Waals surface area contributed by atoms with Crippen molar-refractivity contribution in [1.29, 1.82) is 0 Å². The summed E-state index contributed by atoms with van der Waals surface area (Å²) in [6.45, 7) is 5.93. The van der Waals surface area contributed by atoms with Gasteiger partial charge in [-0.3, -0.25) is 9.69 Å². The molecule has 0 bridgehead atoms. The molecule has 0 atom stereocenters. The molecule has 21 heavy (non-hydrogen) atoms. The first-order valence-electron chi connectivity index (χ1n) is 7.10. The Hall–Kier alpha value is -1.88. The van der Waals surface area contributed by atoms with E-state index in [4.69, 9.17) is 4.74 Å². The van der Waals surface area contributed by atoms with Gasteiger partial charge in [-0.15, -0.1) is 0 Å². The molecule has 1 fully saturated rings. The quantitative estimate of drug-likeness (QED) is 0.845. The lowest BCUT2D eigenvalue weighted by Crippen LogP contribution is -2.43. The lowest BCUT2D eigenvalue weighted by atomic mass is 10.0. The maximum absolute atomic E-state index is 13.6. The molecular weight excluding hydrogens is 271 g/mol. The Kier molecular flexibility index (Phi) is 5.33. The minimum absolute atomic E-state index is 0.120. The van der Waals surface area contributed by atoms with Crippen LogP contribution in [0, 0.1) is 5.82 Å². The van der Waals surface area contributed by atoms with Crippen LogP contribution in [0.4, 0.5) is 4.39 Å². The van der Waals surface area contributed by atoms with Crippen LogP contribution in [0.25, 0.3) is 0 Å². The number of carbonyl (C=O) groups excluding carboxylic acids is 1. The second kappa shape index (κ2) is 7.22. The topological polar surface area (TPSA) is 41.6 Å². The first-order valence-corrected chi connectivity index (χ1v) is 7.10. The maximum Gasteiger partial charge on any atom is 0.243 e. The van der Waals surface area contributed by atoms with E-state index in [2.05, 4.69) is 16.8 Å². The summed E-state index contributed by atoms with van der Waals surface area (Å²) >= 11 is 0. The van der Waals surface area contributed by atoms with Gasteiger partial charge < -0.3 is 10.1 Å². The molecule has 0 aliphatic carbocycles. The van der Waals surface area contributed by atoms with Crippen molar-refractivity contribution in [2.75, 3.05) is 20.2 Å². The molecule has 114 valence electrons. The van der Waals surface area contributed by atoms with Gasteiger partial charge in [-0.1, -0.05) is 12.6 Å². The van der Waals surface area contributed by atoms with Crippen LogP contribution in [0.3, 0.4) is 0 Å². The number of nitrogens with zero attached hydrogens (tertiary/aromatic N) is 1. The number of rotatable bonds is 5. The Bertz CT molecular complexity index is 511. The van der Waals surface area contributed by atoms with Gasteiger partial charge in [0.15, 0.2) is 11.6 Å². The molecule has 4 nitrogen and oxygen atoms in total. The minimum atomic E-state index is -0.330. The first kappa shape index (κ1) is 15.5. The van der Waals surface area contributed by atoms with E-state index in [1.54, 1.807) is 6.07 Å². The zero-order valence-corrected chi connectivity index (χ0v) is 12.3. The van der Waals surface area contributed by atoms with Crippen LogP contribution in [-0.4, -0.2) is 37.0 Å². The molecule has 1 aliphatic heterocycles. The third-order valence-electron chi connectivity index (χ3n) is 3.74. The second-order valence-corrected chi connectivity index (χ2v) is 5.23. The largest absolute Gasteiger partial charge is 0.494 e. The lowest BCUT2D eigenvalue weighted by molar-refractivity contribution is -0.117. The number of piperidine rings is 1. The number of hydrogen-bond acceptors (Lipinski definition) is 3. The number of halogens is 1. The summed E-state index contributed by atoms with van der Waals surface area (Å²) in [5.74, 6) is -0.182. The molecule has 1 N–H and O–H groups in total. The summed E-state index contributed by atoms with van der Waals surface area (Å²) in [6, 6.07) is 5.26. The zero-order chi connectivity index (χ0) is 15.2. The minimum Gasteiger partial charge on any atom is -0.494 e. The fourth-order valence-corrected chi connectivity index (χ4v) is 2.56. The smallest absolute Gasteiger partial charge is 0.243 e. The Morgan fingerprint density at radius 2 is 2.24 bits per heavy atom. The third kappa shape index (κ3) is 4.29. The number of ether oxygens (including phenoxy) is 1. The molecule has 1 aromatic rings. The van der Waals surface area contributed by atoms with Crippen molar-refractivity contribution in [2.45, 2.75) is 25.4 Å². The van der Waals surface area contributed by atoms with Crippen molar-refractivity contribution in [3.8, 4) is 5.75 Å². The summed E-state index contributed by atoms with van der Waals surface area (Å²) in [4.78, 5) is 13.5. The highest BCUT2D eigenvalue weighted by Crippen LogP contribution is 2.20. The van der Waals surface area contributed by atoms with E-state index in [1.807, 2.05) is 6.07 Å². The van der Waals surface area contributed by atoms with Gasteiger partial charge in [0, 0.05) is 25.7 Å². The molecule has 2 rings (SSSR count). The van der Waals surface area contributed by atoms with E-state index in [1.165, 1.54) is 19.3 Å². The second-order valence-electron chi connectivity index (χ2n) is 5.23. The number of amides is 1. The maximum atomic E-state index is 13.6. The van der Waals surface area contributed by atoms with Gasteiger partial charge >= 0.3 is 0 Å². The molecule has 0 saturated carbocycles. The van der Waals surface area contributed by atoms with Gasteiger partial charge in [0.1, 0.15) is 0 Å². The zero-order valence-electron chi connectivity index (χ0n) is 12.3. The monoisotopic (exact) mass is 292 g/mol. The van der Waals surface area contributed by atoms with Crippen LogP contribution in [0.5, 0.6) is 5.75 Å². The predicted octanol–water partition coefficient (Wildman–Crippen LogP) is 2.10. The number of nitrogens with one attached hydrogen (secondary N) is 1. The van der Waals surface area contributed by atoms with E-state index in [9.17, 15) is 9.18 Å². The number of hydrogen-bond donors (Lipinski definition) is 1. The number of methoxy groups -OCH3 is 1. The molecule has 1 aliphatic rings. The summed E-state index contributed by atoms with van der Waals surface area (Å²) < 4.78 is 18.6. The van der Waals surface area contributed by atoms with Crippen LogP contribution in [-0.2, 0) is 11.3 Å². The van der Waals surface area contributed by atoms with Gasteiger partial charge in [-0.25, -0.2) is 4.39 Å². The standard InChI is InChI=1S/C16H21FN2O2/c1-3-16(20)18-13-6-8-19(9-7-13)11-12-4-5-15(21-2)14(17)10-12/h3-5,10,13H,1,6-9,11H2,2H3,(H,18,20). The van der Waals surface area contributed by atoms with Crippen LogP contribution in [0.2, 0.25) is 0 Å². The van der Waals surface area contributed by atoms with Gasteiger partial charge in [0.2, 0.25) is 5.91 Å². The molecule has 1 heterocycles. The number of benzene rings is 1. The van der Waals surface area contributed by atoms with E-state index >= 15 is 0 Å². The highest BCUT2D eigenvalue weighted by Gasteiger charge is 2.20. The normalized spacial score (nSPS) is 16.5. The van der Waals surface area contributed by atoms with E-state index in [-0.39, 0.29) is 23.5 Å². The van der Waals surface area contributed by atoms with Crippen molar-refractivity contribution < 1.29 is 13.9 Å². The molecule has 0 radical (unpaired) electrons. The van der Waals surface area contributed by atoms with Crippen LogP contribution < -0.4 is 10.1 Å². The Morgan fingerprint density at radius 1 is 1.52 bits per heavy atom. The third-order valence-corrected chi connectivity index (χ3v) is 3.74. The van der Waals surface area contributed by atoms with Gasteiger partial charge in [-0.2, -0.15) is 0 Å². The molecule has 0 spiro atoms. The van der Waals surface area contributed by atoms with Crippen LogP contribution in [0.1, 0.15) is 18.4 Å². The molecule has 0 unspecified atom stereocenters. The fourth-order valence-electron chi connectivity index (χ4n) is 2.56. The first-order chi connectivity index (χ1) is 10.1. The molecule has 1 saturated heterocycles. The average Bonchev–Trinajstić information content (AvgIpc) is 2.49. The predicted molar refractivity (Wildman–Crippen MR) is 79.6 cm³/mol. The van der Waals surface area contributed by atoms with Crippen molar-refractivity contribution in [2.24, 2.45) is 0 Å². The van der Waals surface area contributed by atoms with Crippen LogP contribution >= 0.6 is 0 Å². The molecule has 0 aromatic heterocycles. The van der Waals surface area contributed by atoms with E-state index < -0.39 is 0 Å². The van der Waals surface area contributed by atoms with Crippen molar-refractivity contribution >= 4 is 5.91 Å². The van der Waals surface area contributed by atoms with Gasteiger partial charge in [0.25, 0.3) is 0 Å². The van der Waals surface area contributed by atoms with Crippen molar-refractivity contribution in [1.82, 2.24) is 10.2 Å². The molecule has 1 amide bonds. The van der Waals surface area contributed by atoms with Crippen LogP contribution in [0.15, 0.2) is 30.9 Å². The molecule has 5 heteroatoms. The van der Waals surface area contributed by atoms with Crippen molar-refractivity contribution in [3.63, 3.8) is 0 Å². The Balaban J connectivity index is 1.84. The highest BCUT2D eigenvalue weighted by molar-refractivity contribution is 5.87. The fraction of sp³-hybridized carbons (Fsp3) is 0.438. The SMILES string of the molecule is C=CC(=O)NC1CCN(Cc2ccc(OC)c(F)c2)CC1. The van der Waals surface area contributed by atoms with E-state index in [0.717, 1.165) is 31.5 Å². The summed E-state index contributed by atoms with van der Waals surface area (Å²) in [6.07, 6.45) is 3.10. The lowest BCUT2D eigenvalue weighted by Gasteiger charge is -2.32. The number of likely N-dealkylation sites (tertiary alicyclic amines) is 1. The van der Waals surface area contributed by atoms with Gasteiger partial charge in [0.05, 0.1) is 7.11 Å². The summed E-state index contributed by atoms with van der Waals surface area (Å²) in [7, 11) is 1.46. The summed E-state index contributed by atoms with van der Waals surface area (Å²) in [5.41, 5.74) is 0.932. The van der Waals surface area contributed by atoms with Crippen molar-refractivity contribution in [3.05, 3.63) is 42.2 Å². The van der Waals surface area contributed by atoms with Gasteiger partial charge in [-0.05, 0) is 36.6 Å². The Morgan fingerprint density at radius 3 is 2.81 bits per heavy atom. The number of carbonyl (C=O) groups is 1. The molecular formula is C16H21FN2O2. The molecule has 1 aromatic carbocycles. The van der Waals surface area contributed by atoms with E-state index in [0.29, 0.717) is 6.54 Å². The Labute approximate surface area is 124 Å². The average molecular weight is 292 g/mol. The highest BCUT2D eigenvalue weighted by atomic mass is 19.1. The summed E-state index contributed by atoms with van der Waals surface area (Å²) in [5, 5.41) is 2.92.